The van der Waals surface area contributed by atoms with E-state index < -0.39 is 5.91 Å². The van der Waals surface area contributed by atoms with Crippen LogP contribution in [0.15, 0.2) is 0 Å². The van der Waals surface area contributed by atoms with E-state index in [0.717, 1.165) is 0 Å². The summed E-state index contributed by atoms with van der Waals surface area (Å²) in [6, 6.07) is 0. The van der Waals surface area contributed by atoms with Gasteiger partial charge in [0.1, 0.15) is 0 Å². The Bertz CT molecular complexity index is 161. The molecule has 0 fully saturated rings. The van der Waals surface area contributed by atoms with Gasteiger partial charge in [0.15, 0.2) is 0 Å². The minimum Gasteiger partial charge on any atom is -0.412 e. The van der Waals surface area contributed by atoms with E-state index in [0.29, 0.717) is 6.54 Å². The molecule has 0 aromatic carbocycles. The molecule has 0 radical (unpaired) electrons. The molecule has 4 N–H and O–H groups in total. The van der Waals surface area contributed by atoms with Gasteiger partial charge in [-0.2, -0.15) is 0 Å². The predicted molar refractivity (Wildman–Crippen MR) is 52.6 cm³/mol. The van der Waals surface area contributed by atoms with Gasteiger partial charge in [-0.3, -0.25) is 9.69 Å². The Morgan fingerprint density at radius 2 is 1.92 bits per heavy atom. The van der Waals surface area contributed by atoms with Crippen LogP contribution in [0.3, 0.4) is 0 Å². The van der Waals surface area contributed by atoms with Crippen molar-refractivity contribution in [3.63, 3.8) is 0 Å². The van der Waals surface area contributed by atoms with Gasteiger partial charge in [-0.1, -0.05) is 19.8 Å². The lowest BCUT2D eigenvalue weighted by Gasteiger charge is -1.99. The van der Waals surface area contributed by atoms with E-state index in [2.05, 4.69) is 11.8 Å². The molecule has 0 saturated heterocycles. The number of hydrogen-bond donors (Lipinski definition) is 1. The molecule has 0 aliphatic carbocycles. The van der Waals surface area contributed by atoms with Crippen LogP contribution in [0.2, 0.25) is 0 Å². The minimum atomic E-state index is -0.572. The van der Waals surface area contributed by atoms with Gasteiger partial charge in [-0.15, -0.1) is 0 Å². The van der Waals surface area contributed by atoms with Crippen LogP contribution in [0, 0.1) is 11.8 Å². The summed E-state index contributed by atoms with van der Waals surface area (Å²) in [5, 5.41) is 0. The molecule has 0 unspecified atom stereocenters. The van der Waals surface area contributed by atoms with Gasteiger partial charge in [0.2, 0.25) is 0 Å². The van der Waals surface area contributed by atoms with E-state index >= 15 is 0 Å². The fourth-order valence-electron chi connectivity index (χ4n) is 0.285. The number of hydrogen-bond acceptors (Lipinski definition) is 2. The molecule has 0 atom stereocenters. The highest BCUT2D eigenvalue weighted by Gasteiger charge is 1.81. The lowest BCUT2D eigenvalue weighted by molar-refractivity contribution is -0.112. The smallest absolute Gasteiger partial charge is 0.293 e. The first-order valence-electron chi connectivity index (χ1n) is 3.56. The van der Waals surface area contributed by atoms with Crippen molar-refractivity contribution in [2.24, 2.45) is 5.73 Å². The highest BCUT2D eigenvalue weighted by molar-refractivity contribution is 5.91. The maximum Gasteiger partial charge on any atom is 0.293 e. The molecule has 4 heteroatoms. The number of nitrogens with zero attached hydrogens (tertiary/aromatic N) is 1. The van der Waals surface area contributed by atoms with Gasteiger partial charge >= 0.3 is 0 Å². The van der Waals surface area contributed by atoms with Gasteiger partial charge in [0, 0.05) is 1.43 Å². The van der Waals surface area contributed by atoms with E-state index in [9.17, 15) is 4.79 Å². The quantitative estimate of drug-likeness (QED) is 0.546. The molecule has 1 amide bonds. The number of carbonyl (C=O) groups excluding carboxylic acids is 1. The van der Waals surface area contributed by atoms with E-state index in [1.807, 2.05) is 32.8 Å². The second kappa shape index (κ2) is 12.6. The van der Waals surface area contributed by atoms with Gasteiger partial charge in [-0.25, -0.2) is 0 Å². The second-order valence-corrected chi connectivity index (χ2v) is 1.90. The summed E-state index contributed by atoms with van der Waals surface area (Å²) in [5.74, 6) is 4.24. The molecule has 0 aliphatic rings. The summed E-state index contributed by atoms with van der Waals surface area (Å²) in [4.78, 5) is 11.9. The molecule has 0 saturated carbocycles. The highest BCUT2D eigenvalue weighted by atomic mass is 16.1. The molecular weight excluding hydrogens is 156 g/mol. The van der Waals surface area contributed by atoms with Crippen molar-refractivity contribution in [3.8, 4) is 11.8 Å². The zero-order valence-corrected chi connectivity index (χ0v) is 8.14. The van der Waals surface area contributed by atoms with Crippen molar-refractivity contribution in [2.45, 2.75) is 13.8 Å². The maximum atomic E-state index is 10.0. The van der Waals surface area contributed by atoms with Crippen molar-refractivity contribution in [1.82, 2.24) is 4.90 Å². The predicted octanol–water partition coefficient (Wildman–Crippen LogP) is -0.516. The molecule has 0 rings (SSSR count). The van der Waals surface area contributed by atoms with Gasteiger partial charge < -0.3 is 11.2 Å². The van der Waals surface area contributed by atoms with Crippen LogP contribution >= 0.6 is 0 Å². The first-order valence-corrected chi connectivity index (χ1v) is 3.56. The average Bonchev–Trinajstić information content (AvgIpc) is 1.90. The Kier molecular flexibility index (Phi) is 18.0. The Morgan fingerprint density at radius 1 is 1.50 bits per heavy atom. The van der Waals surface area contributed by atoms with Gasteiger partial charge in [0.25, 0.3) is 5.91 Å². The molecule has 0 aromatic rings. The summed E-state index contributed by atoms with van der Waals surface area (Å²) in [6.45, 7) is 4.57. The van der Waals surface area contributed by atoms with E-state index in [-0.39, 0.29) is 6.90 Å². The number of primary amides is 1. The van der Waals surface area contributed by atoms with Crippen molar-refractivity contribution in [2.75, 3.05) is 20.6 Å². The third-order valence-corrected chi connectivity index (χ3v) is 0.607. The number of nitrogens with two attached hydrogens (primary N) is 1. The molecule has 0 bridgehead atoms. The Labute approximate surface area is 75.5 Å². The third kappa shape index (κ3) is 23.1. The third-order valence-electron chi connectivity index (χ3n) is 0.607. The van der Waals surface area contributed by atoms with Crippen LogP contribution in [-0.2, 0) is 4.79 Å². The minimum absolute atomic E-state index is 0. The van der Waals surface area contributed by atoms with Crippen LogP contribution in [0.25, 0.3) is 0 Å². The van der Waals surface area contributed by atoms with Crippen molar-refractivity contribution < 1.29 is 11.7 Å². The molecule has 0 aliphatic heterocycles. The van der Waals surface area contributed by atoms with E-state index in [4.69, 9.17) is 5.73 Å². The van der Waals surface area contributed by atoms with Crippen LogP contribution < -0.4 is 5.73 Å². The first kappa shape index (κ1) is 17.2. The molecule has 74 valence electrons. The van der Waals surface area contributed by atoms with Gasteiger partial charge in [-0.05, 0) is 20.0 Å². The second-order valence-electron chi connectivity index (χ2n) is 1.90. The lowest BCUT2D eigenvalue weighted by atomic mass is 10.5. The molecule has 0 aromatic heterocycles. The van der Waals surface area contributed by atoms with Crippen molar-refractivity contribution in [3.05, 3.63) is 0 Å². The normalized spacial score (nSPS) is 6.75. The van der Waals surface area contributed by atoms with Crippen LogP contribution in [0.4, 0.5) is 0 Å². The number of carbonyl (C=O) groups is 1. The summed E-state index contributed by atoms with van der Waals surface area (Å²) in [7, 11) is 3.74. The molecule has 12 heavy (non-hydrogen) atoms. The largest absolute Gasteiger partial charge is 0.412 e. The highest BCUT2D eigenvalue weighted by Crippen LogP contribution is 1.67. The Morgan fingerprint density at radius 3 is 2.17 bits per heavy atom. The molecule has 4 nitrogen and oxygen atoms in total. The fourth-order valence-corrected chi connectivity index (χ4v) is 0.285. The first-order chi connectivity index (χ1) is 5.13. The van der Waals surface area contributed by atoms with Gasteiger partial charge in [0.05, 0.1) is 6.54 Å². The summed E-state index contributed by atoms with van der Waals surface area (Å²) < 4.78 is 0. The standard InChI is InChI=1S/C6H10N2O.C2H6.H2O.H2/c1-8(2)5-3-4-6(7)9;1-2;;/h5H2,1-2H3,(H2,7,9);1-2H3;1H2;1H. The maximum absolute atomic E-state index is 10.0. The zero-order valence-electron chi connectivity index (χ0n) is 8.14. The molecule has 0 heterocycles. The van der Waals surface area contributed by atoms with Crippen LogP contribution in [-0.4, -0.2) is 36.9 Å². The zero-order chi connectivity index (χ0) is 9.28. The Balaban J connectivity index is -0.0000000941. The molecular formula is C8H20N2O2. The molecule has 0 spiro atoms. The number of rotatable bonds is 1. The average molecular weight is 176 g/mol. The topological polar surface area (TPSA) is 77.8 Å². The number of amides is 1. The Hall–Kier alpha value is -1.05. The van der Waals surface area contributed by atoms with E-state index in [1.54, 1.807) is 0 Å². The van der Waals surface area contributed by atoms with Crippen LogP contribution in [0.1, 0.15) is 15.3 Å². The van der Waals surface area contributed by atoms with Crippen molar-refractivity contribution >= 4 is 5.91 Å². The monoisotopic (exact) mass is 176 g/mol. The van der Waals surface area contributed by atoms with E-state index in [1.165, 1.54) is 0 Å². The SMILES string of the molecule is CC.CN(C)CC#CC(N)=O.O.[HH]. The van der Waals surface area contributed by atoms with Crippen LogP contribution in [0.5, 0.6) is 0 Å². The lowest BCUT2D eigenvalue weighted by Crippen LogP contribution is -2.12. The summed E-state index contributed by atoms with van der Waals surface area (Å²) >= 11 is 0. The fraction of sp³-hybridized carbons (Fsp3) is 0.625. The van der Waals surface area contributed by atoms with Crippen molar-refractivity contribution in [1.29, 1.82) is 0 Å². The summed E-state index contributed by atoms with van der Waals surface area (Å²) in [5.41, 5.74) is 4.75. The summed E-state index contributed by atoms with van der Waals surface area (Å²) in [6.07, 6.45) is 0.